The second kappa shape index (κ2) is 6.60. The highest BCUT2D eigenvalue weighted by Gasteiger charge is 2.08. The molecule has 0 saturated heterocycles. The topological polar surface area (TPSA) is 83.0 Å². The Morgan fingerprint density at radius 1 is 1.45 bits per heavy atom. The molecule has 104 valence electrons. The number of H-pyrrole nitrogens is 1. The minimum absolute atomic E-state index is 0.128. The van der Waals surface area contributed by atoms with E-state index in [2.05, 4.69) is 25.7 Å². The van der Waals surface area contributed by atoms with Gasteiger partial charge in [-0.25, -0.2) is 5.43 Å². The quantitative estimate of drug-likeness (QED) is 0.638. The molecule has 0 aromatic carbocycles. The van der Waals surface area contributed by atoms with Crippen molar-refractivity contribution in [1.82, 2.24) is 20.6 Å². The lowest BCUT2D eigenvalue weighted by atomic mass is 10.1. The third kappa shape index (κ3) is 3.74. The van der Waals surface area contributed by atoms with Crippen molar-refractivity contribution >= 4 is 12.1 Å². The number of nitrogens with one attached hydrogen (secondary N) is 2. The van der Waals surface area contributed by atoms with Gasteiger partial charge < -0.3 is 0 Å². The van der Waals surface area contributed by atoms with Crippen LogP contribution in [0, 0.1) is 13.8 Å². The van der Waals surface area contributed by atoms with E-state index in [1.54, 1.807) is 6.20 Å². The number of pyridine rings is 1. The van der Waals surface area contributed by atoms with Gasteiger partial charge in [-0.3, -0.25) is 14.9 Å². The van der Waals surface area contributed by atoms with Crippen LogP contribution in [-0.4, -0.2) is 27.3 Å². The van der Waals surface area contributed by atoms with Crippen LogP contribution in [0.15, 0.2) is 29.5 Å². The fourth-order valence-electron chi connectivity index (χ4n) is 1.86. The van der Waals surface area contributed by atoms with Crippen LogP contribution in [0.4, 0.5) is 0 Å². The predicted molar refractivity (Wildman–Crippen MR) is 76.4 cm³/mol. The molecule has 0 saturated carbocycles. The van der Waals surface area contributed by atoms with Gasteiger partial charge in [-0.2, -0.15) is 10.2 Å². The minimum atomic E-state index is -0.128. The zero-order valence-corrected chi connectivity index (χ0v) is 11.6. The fourth-order valence-corrected chi connectivity index (χ4v) is 1.86. The summed E-state index contributed by atoms with van der Waals surface area (Å²) in [6.45, 7) is 3.88. The molecule has 0 aliphatic carbocycles. The number of carbonyl (C=O) groups is 1. The van der Waals surface area contributed by atoms with Crippen LogP contribution >= 0.6 is 0 Å². The molecule has 2 aromatic heterocycles. The molecule has 0 fully saturated rings. The average molecular weight is 271 g/mol. The monoisotopic (exact) mass is 271 g/mol. The maximum absolute atomic E-state index is 11.7. The van der Waals surface area contributed by atoms with Crippen LogP contribution < -0.4 is 5.43 Å². The van der Waals surface area contributed by atoms with Crippen molar-refractivity contribution in [3.8, 4) is 0 Å². The van der Waals surface area contributed by atoms with E-state index in [9.17, 15) is 4.79 Å². The number of carbonyl (C=O) groups excluding carboxylic acids is 1. The van der Waals surface area contributed by atoms with Gasteiger partial charge in [0, 0.05) is 18.3 Å². The van der Waals surface area contributed by atoms with Gasteiger partial charge >= 0.3 is 0 Å². The zero-order chi connectivity index (χ0) is 14.4. The summed E-state index contributed by atoms with van der Waals surface area (Å²) in [5, 5.41) is 10.9. The highest BCUT2D eigenvalue weighted by atomic mass is 16.2. The first-order chi connectivity index (χ1) is 9.66. The first-order valence-electron chi connectivity index (χ1n) is 6.40. The molecule has 1 amide bonds. The number of hydrogen-bond acceptors (Lipinski definition) is 4. The number of aromatic amines is 1. The molecule has 0 atom stereocenters. The standard InChI is InChI=1S/C14H17N5O/c1-10-13(11(2)18-17-10)6-7-14(20)19-16-9-12-5-3-4-8-15-12/h3-5,8-9H,6-7H2,1-2H3,(H,17,18)(H,19,20). The molecular weight excluding hydrogens is 254 g/mol. The molecule has 0 radical (unpaired) electrons. The molecule has 0 bridgehead atoms. The Labute approximate surface area is 117 Å². The van der Waals surface area contributed by atoms with E-state index in [0.29, 0.717) is 18.5 Å². The van der Waals surface area contributed by atoms with Crippen LogP contribution in [0.2, 0.25) is 0 Å². The van der Waals surface area contributed by atoms with Crippen LogP contribution in [-0.2, 0) is 11.2 Å². The Morgan fingerprint density at radius 2 is 2.30 bits per heavy atom. The van der Waals surface area contributed by atoms with Crippen molar-refractivity contribution in [2.24, 2.45) is 5.10 Å². The highest BCUT2D eigenvalue weighted by Crippen LogP contribution is 2.11. The first-order valence-corrected chi connectivity index (χ1v) is 6.40. The molecule has 0 aliphatic heterocycles. The molecular formula is C14H17N5O. The normalized spacial score (nSPS) is 10.9. The van der Waals surface area contributed by atoms with Crippen LogP contribution in [0.1, 0.15) is 29.1 Å². The highest BCUT2D eigenvalue weighted by molar-refractivity contribution is 5.80. The molecule has 6 heteroatoms. The van der Waals surface area contributed by atoms with Gasteiger partial charge in [-0.15, -0.1) is 0 Å². The lowest BCUT2D eigenvalue weighted by molar-refractivity contribution is -0.121. The maximum atomic E-state index is 11.7. The Balaban J connectivity index is 1.80. The second-order valence-electron chi connectivity index (χ2n) is 4.46. The van der Waals surface area contributed by atoms with Crippen LogP contribution in [0.5, 0.6) is 0 Å². The Hall–Kier alpha value is -2.50. The van der Waals surface area contributed by atoms with Gasteiger partial charge in [0.1, 0.15) is 0 Å². The summed E-state index contributed by atoms with van der Waals surface area (Å²) >= 11 is 0. The fraction of sp³-hybridized carbons (Fsp3) is 0.286. The summed E-state index contributed by atoms with van der Waals surface area (Å²) in [7, 11) is 0. The van der Waals surface area contributed by atoms with Crippen molar-refractivity contribution in [2.45, 2.75) is 26.7 Å². The second-order valence-corrected chi connectivity index (χ2v) is 4.46. The third-order valence-electron chi connectivity index (χ3n) is 2.96. The molecule has 2 heterocycles. The van der Waals surface area contributed by atoms with Gasteiger partial charge in [0.25, 0.3) is 0 Å². The van der Waals surface area contributed by atoms with Crippen molar-refractivity contribution in [3.63, 3.8) is 0 Å². The summed E-state index contributed by atoms with van der Waals surface area (Å²) < 4.78 is 0. The van der Waals surface area contributed by atoms with Gasteiger partial charge in [-0.05, 0) is 38.0 Å². The number of aryl methyl sites for hydroxylation is 2. The van der Waals surface area contributed by atoms with E-state index < -0.39 is 0 Å². The molecule has 0 spiro atoms. The maximum Gasteiger partial charge on any atom is 0.240 e. The van der Waals surface area contributed by atoms with E-state index in [1.165, 1.54) is 6.21 Å². The number of hydrazone groups is 1. The molecule has 2 N–H and O–H groups in total. The van der Waals surface area contributed by atoms with Crippen molar-refractivity contribution in [3.05, 3.63) is 47.0 Å². The Morgan fingerprint density at radius 3 is 2.95 bits per heavy atom. The van der Waals surface area contributed by atoms with Gasteiger partial charge in [0.2, 0.25) is 5.91 Å². The van der Waals surface area contributed by atoms with Gasteiger partial charge in [-0.1, -0.05) is 6.07 Å². The number of amides is 1. The molecule has 6 nitrogen and oxygen atoms in total. The summed E-state index contributed by atoms with van der Waals surface area (Å²) in [5.74, 6) is -0.128. The Bertz CT molecular complexity index is 584. The summed E-state index contributed by atoms with van der Waals surface area (Å²) in [6, 6.07) is 5.50. The number of rotatable bonds is 5. The van der Waals surface area contributed by atoms with Crippen LogP contribution in [0.3, 0.4) is 0 Å². The third-order valence-corrected chi connectivity index (χ3v) is 2.96. The SMILES string of the molecule is Cc1n[nH]c(C)c1CCC(=O)NN=Cc1ccccn1. The average Bonchev–Trinajstić information content (AvgIpc) is 2.77. The molecule has 2 rings (SSSR count). The van der Waals surface area contributed by atoms with E-state index in [4.69, 9.17) is 0 Å². The summed E-state index contributed by atoms with van der Waals surface area (Å²) in [6.07, 6.45) is 4.22. The summed E-state index contributed by atoms with van der Waals surface area (Å²) in [4.78, 5) is 15.7. The van der Waals surface area contributed by atoms with Crippen molar-refractivity contribution in [2.75, 3.05) is 0 Å². The first kappa shape index (κ1) is 13.9. The molecule has 0 aliphatic rings. The van der Waals surface area contributed by atoms with Crippen molar-refractivity contribution in [1.29, 1.82) is 0 Å². The van der Waals surface area contributed by atoms with E-state index >= 15 is 0 Å². The number of hydrogen-bond donors (Lipinski definition) is 2. The summed E-state index contributed by atoms with van der Waals surface area (Å²) in [5.41, 5.74) is 6.23. The van der Waals surface area contributed by atoms with Crippen LogP contribution in [0.25, 0.3) is 0 Å². The Kier molecular flexibility index (Phi) is 4.60. The van der Waals surface area contributed by atoms with Crippen molar-refractivity contribution < 1.29 is 4.79 Å². The molecule has 2 aromatic rings. The van der Waals surface area contributed by atoms with Gasteiger partial charge in [0.15, 0.2) is 0 Å². The minimum Gasteiger partial charge on any atom is -0.282 e. The molecule has 0 unspecified atom stereocenters. The lowest BCUT2D eigenvalue weighted by Gasteiger charge is -2.01. The molecule has 20 heavy (non-hydrogen) atoms. The number of aromatic nitrogens is 3. The lowest BCUT2D eigenvalue weighted by Crippen LogP contribution is -2.18. The predicted octanol–water partition coefficient (Wildman–Crippen LogP) is 1.50. The van der Waals surface area contributed by atoms with E-state index in [1.807, 2.05) is 32.0 Å². The number of nitrogens with zero attached hydrogens (tertiary/aromatic N) is 3. The smallest absolute Gasteiger partial charge is 0.240 e. The largest absolute Gasteiger partial charge is 0.282 e. The van der Waals surface area contributed by atoms with E-state index in [0.717, 1.165) is 17.0 Å². The zero-order valence-electron chi connectivity index (χ0n) is 11.6. The van der Waals surface area contributed by atoms with Gasteiger partial charge in [0.05, 0.1) is 17.6 Å². The van der Waals surface area contributed by atoms with E-state index in [-0.39, 0.29) is 5.91 Å².